The van der Waals surface area contributed by atoms with Crippen molar-refractivity contribution < 1.29 is 14.3 Å². The molecule has 4 aromatic rings. The Morgan fingerprint density at radius 3 is 2.30 bits per heavy atom. The summed E-state index contributed by atoms with van der Waals surface area (Å²) in [4.78, 5) is 20.8. The average Bonchev–Trinajstić information content (AvgIpc) is 3.26. The molecule has 7 heteroatoms. The highest BCUT2D eigenvalue weighted by molar-refractivity contribution is 8.18. The van der Waals surface area contributed by atoms with Crippen molar-refractivity contribution in [3.8, 4) is 11.5 Å². The molecule has 1 amide bonds. The molecule has 5 rings (SSSR count). The van der Waals surface area contributed by atoms with Gasteiger partial charge in [-0.25, -0.2) is 4.99 Å². The molecule has 5 nitrogen and oxygen atoms in total. The SMILES string of the molecule is CCOc1cc(/C=C2/SC(=Nc3ccccc3)N(CCc3ccccc3)C2=O)ccc1OCc1ccc(Cl)cc1. The fraction of sp³-hybridized carbons (Fsp3) is 0.152. The third kappa shape index (κ3) is 7.14. The van der Waals surface area contributed by atoms with Crippen LogP contribution < -0.4 is 9.47 Å². The number of carbonyl (C=O) groups excluding carboxylic acids is 1. The Morgan fingerprint density at radius 2 is 1.57 bits per heavy atom. The van der Waals surface area contributed by atoms with E-state index in [2.05, 4.69) is 12.1 Å². The first-order valence-corrected chi connectivity index (χ1v) is 14.3. The van der Waals surface area contributed by atoms with Gasteiger partial charge in [-0.1, -0.05) is 78.3 Å². The molecular formula is C33H29ClN2O3S. The van der Waals surface area contributed by atoms with Crippen molar-refractivity contribution in [2.24, 2.45) is 4.99 Å². The lowest BCUT2D eigenvalue weighted by molar-refractivity contribution is -0.122. The summed E-state index contributed by atoms with van der Waals surface area (Å²) in [7, 11) is 0. The van der Waals surface area contributed by atoms with Crippen LogP contribution in [0.15, 0.2) is 113 Å². The number of hydrogen-bond donors (Lipinski definition) is 0. The lowest BCUT2D eigenvalue weighted by atomic mass is 10.1. The first kappa shape index (κ1) is 27.6. The van der Waals surface area contributed by atoms with Crippen molar-refractivity contribution >= 4 is 46.2 Å². The summed E-state index contributed by atoms with van der Waals surface area (Å²) in [6.45, 7) is 3.36. The summed E-state index contributed by atoms with van der Waals surface area (Å²) in [5.74, 6) is 1.21. The Kier molecular flexibility index (Phi) is 9.22. The first-order valence-electron chi connectivity index (χ1n) is 13.1. The number of para-hydroxylation sites is 1. The number of rotatable bonds is 10. The number of aliphatic imine (C=N–C) groups is 1. The number of ether oxygens (including phenoxy) is 2. The van der Waals surface area contributed by atoms with Crippen LogP contribution in [0.5, 0.6) is 11.5 Å². The maximum atomic E-state index is 13.6. The molecule has 0 saturated carbocycles. The van der Waals surface area contributed by atoms with Crippen molar-refractivity contribution in [2.45, 2.75) is 20.0 Å². The van der Waals surface area contributed by atoms with Crippen LogP contribution in [0.3, 0.4) is 0 Å². The van der Waals surface area contributed by atoms with Crippen LogP contribution in [0, 0.1) is 0 Å². The van der Waals surface area contributed by atoms with E-state index in [9.17, 15) is 4.79 Å². The van der Waals surface area contributed by atoms with E-state index >= 15 is 0 Å². The quantitative estimate of drug-likeness (QED) is 0.181. The molecule has 0 unspecified atom stereocenters. The van der Waals surface area contributed by atoms with E-state index in [0.717, 1.165) is 23.2 Å². The minimum absolute atomic E-state index is 0.0587. The molecule has 1 aliphatic heterocycles. The Morgan fingerprint density at radius 1 is 0.850 bits per heavy atom. The van der Waals surface area contributed by atoms with Gasteiger partial charge >= 0.3 is 0 Å². The normalized spacial score (nSPS) is 15.2. The molecule has 40 heavy (non-hydrogen) atoms. The van der Waals surface area contributed by atoms with E-state index in [4.69, 9.17) is 26.1 Å². The van der Waals surface area contributed by atoms with E-state index in [0.29, 0.717) is 46.4 Å². The maximum absolute atomic E-state index is 13.6. The highest BCUT2D eigenvalue weighted by Gasteiger charge is 2.33. The second-order valence-electron chi connectivity index (χ2n) is 9.09. The molecular weight excluding hydrogens is 540 g/mol. The predicted octanol–water partition coefficient (Wildman–Crippen LogP) is 8.16. The van der Waals surface area contributed by atoms with Crippen LogP contribution in [-0.4, -0.2) is 29.1 Å². The van der Waals surface area contributed by atoms with Crippen molar-refractivity contribution in [2.75, 3.05) is 13.2 Å². The highest BCUT2D eigenvalue weighted by Crippen LogP contribution is 2.36. The summed E-state index contributed by atoms with van der Waals surface area (Å²) >= 11 is 7.38. The number of halogens is 1. The van der Waals surface area contributed by atoms with E-state index < -0.39 is 0 Å². The van der Waals surface area contributed by atoms with E-state index in [1.165, 1.54) is 17.3 Å². The number of thioether (sulfide) groups is 1. The van der Waals surface area contributed by atoms with Gasteiger partial charge in [-0.05, 0) is 84.3 Å². The first-order chi connectivity index (χ1) is 19.6. The van der Waals surface area contributed by atoms with Crippen LogP contribution in [-0.2, 0) is 17.8 Å². The van der Waals surface area contributed by atoms with Gasteiger partial charge in [0.15, 0.2) is 16.7 Å². The average molecular weight is 569 g/mol. The second-order valence-corrected chi connectivity index (χ2v) is 10.5. The van der Waals surface area contributed by atoms with Crippen molar-refractivity contribution in [1.29, 1.82) is 0 Å². The number of carbonyl (C=O) groups is 1. The smallest absolute Gasteiger partial charge is 0.266 e. The number of benzene rings is 4. The zero-order valence-corrected chi connectivity index (χ0v) is 23.7. The topological polar surface area (TPSA) is 51.1 Å². The van der Waals surface area contributed by atoms with Gasteiger partial charge in [0.05, 0.1) is 17.2 Å². The van der Waals surface area contributed by atoms with Gasteiger partial charge in [-0.2, -0.15) is 0 Å². The minimum Gasteiger partial charge on any atom is -0.490 e. The third-order valence-corrected chi connectivity index (χ3v) is 7.47. The van der Waals surface area contributed by atoms with Crippen molar-refractivity contribution in [3.63, 3.8) is 0 Å². The van der Waals surface area contributed by atoms with Crippen LogP contribution in [0.2, 0.25) is 5.02 Å². The minimum atomic E-state index is -0.0587. The van der Waals surface area contributed by atoms with E-state index in [1.54, 1.807) is 4.90 Å². The summed E-state index contributed by atoms with van der Waals surface area (Å²) in [5, 5.41) is 1.36. The molecule has 0 atom stereocenters. The number of amidine groups is 1. The van der Waals surface area contributed by atoms with Crippen LogP contribution in [0.4, 0.5) is 5.69 Å². The summed E-state index contributed by atoms with van der Waals surface area (Å²) in [5.41, 5.74) is 3.84. The predicted molar refractivity (Wildman–Crippen MR) is 164 cm³/mol. The molecule has 202 valence electrons. The lowest BCUT2D eigenvalue weighted by Gasteiger charge is -2.15. The number of hydrogen-bond acceptors (Lipinski definition) is 5. The molecule has 0 aliphatic carbocycles. The molecule has 0 bridgehead atoms. The molecule has 1 aliphatic rings. The molecule has 1 fully saturated rings. The van der Waals surface area contributed by atoms with Crippen LogP contribution in [0.25, 0.3) is 6.08 Å². The zero-order chi connectivity index (χ0) is 27.7. The van der Waals surface area contributed by atoms with Gasteiger partial charge in [0.25, 0.3) is 5.91 Å². The van der Waals surface area contributed by atoms with Gasteiger partial charge in [0.1, 0.15) is 6.61 Å². The summed E-state index contributed by atoms with van der Waals surface area (Å²) in [6, 6.07) is 33.1. The standard InChI is InChI=1S/C33H29ClN2O3S/c1-2-38-30-21-26(15-18-29(30)39-23-25-13-16-27(34)17-14-25)22-31-32(37)36(20-19-24-9-5-3-6-10-24)33(40-31)35-28-11-7-4-8-12-28/h3-18,21-22H,2,19-20,23H2,1H3/b31-22+,35-33?. The molecule has 0 N–H and O–H groups in total. The maximum Gasteiger partial charge on any atom is 0.266 e. The lowest BCUT2D eigenvalue weighted by Crippen LogP contribution is -2.31. The van der Waals surface area contributed by atoms with Gasteiger partial charge < -0.3 is 9.47 Å². The zero-order valence-electron chi connectivity index (χ0n) is 22.1. The van der Waals surface area contributed by atoms with Crippen LogP contribution in [0.1, 0.15) is 23.6 Å². The van der Waals surface area contributed by atoms with E-state index in [1.807, 2.05) is 104 Å². The Hall–Kier alpha value is -4.00. The fourth-order valence-electron chi connectivity index (χ4n) is 4.18. The fourth-order valence-corrected chi connectivity index (χ4v) is 5.33. The number of nitrogens with zero attached hydrogens (tertiary/aromatic N) is 2. The molecule has 0 aromatic heterocycles. The Balaban J connectivity index is 1.38. The molecule has 4 aromatic carbocycles. The van der Waals surface area contributed by atoms with E-state index in [-0.39, 0.29) is 5.91 Å². The monoisotopic (exact) mass is 568 g/mol. The second kappa shape index (κ2) is 13.4. The largest absolute Gasteiger partial charge is 0.490 e. The molecule has 1 saturated heterocycles. The third-order valence-electron chi connectivity index (χ3n) is 6.21. The van der Waals surface area contributed by atoms with Crippen molar-refractivity contribution in [3.05, 3.63) is 130 Å². The van der Waals surface area contributed by atoms with Gasteiger partial charge in [-0.15, -0.1) is 0 Å². The summed E-state index contributed by atoms with van der Waals surface area (Å²) < 4.78 is 11.9. The van der Waals surface area contributed by atoms with Gasteiger partial charge in [-0.3, -0.25) is 9.69 Å². The highest BCUT2D eigenvalue weighted by atomic mass is 35.5. The molecule has 1 heterocycles. The number of amides is 1. The van der Waals surface area contributed by atoms with Crippen LogP contribution >= 0.6 is 23.4 Å². The summed E-state index contributed by atoms with van der Waals surface area (Å²) in [6.07, 6.45) is 2.63. The van der Waals surface area contributed by atoms with Gasteiger partial charge in [0, 0.05) is 11.6 Å². The van der Waals surface area contributed by atoms with Gasteiger partial charge in [0.2, 0.25) is 0 Å². The molecule has 0 radical (unpaired) electrons. The Bertz CT molecular complexity index is 1510. The van der Waals surface area contributed by atoms with Crippen molar-refractivity contribution in [1.82, 2.24) is 4.90 Å². The Labute approximate surface area is 244 Å². The molecule has 0 spiro atoms.